The van der Waals surface area contributed by atoms with Gasteiger partial charge in [0, 0.05) is 18.7 Å². The summed E-state index contributed by atoms with van der Waals surface area (Å²) in [4.78, 5) is 27.0. The van der Waals surface area contributed by atoms with Crippen LogP contribution in [0.5, 0.6) is 0 Å². The van der Waals surface area contributed by atoms with Crippen molar-refractivity contribution in [2.24, 2.45) is 0 Å². The fourth-order valence-electron chi connectivity index (χ4n) is 3.61. The normalized spacial score (nSPS) is 17.3. The van der Waals surface area contributed by atoms with Gasteiger partial charge >= 0.3 is 0 Å². The average molecular weight is 353 g/mol. The number of nitrogens with zero attached hydrogens (tertiary/aromatic N) is 3. The molecule has 2 aromatic rings. The predicted octanol–water partition coefficient (Wildman–Crippen LogP) is 2.87. The summed E-state index contributed by atoms with van der Waals surface area (Å²) in [6.45, 7) is 4.53. The number of hydrogen-bond acceptors (Lipinski definition) is 3. The van der Waals surface area contributed by atoms with Crippen LogP contribution < -0.4 is 5.56 Å². The maximum absolute atomic E-state index is 12.9. The molecule has 0 saturated carbocycles. The zero-order valence-electron chi connectivity index (χ0n) is 15.6. The Morgan fingerprint density at radius 3 is 2.73 bits per heavy atom. The summed E-state index contributed by atoms with van der Waals surface area (Å²) >= 11 is 0. The van der Waals surface area contributed by atoms with Crippen LogP contribution in [0.25, 0.3) is 0 Å². The Labute approximate surface area is 154 Å². The van der Waals surface area contributed by atoms with Crippen LogP contribution in [0, 0.1) is 13.8 Å². The van der Waals surface area contributed by atoms with Crippen LogP contribution in [0.2, 0.25) is 0 Å². The monoisotopic (exact) mass is 353 g/mol. The lowest BCUT2D eigenvalue weighted by Gasteiger charge is -2.36. The highest BCUT2D eigenvalue weighted by Gasteiger charge is 2.26. The number of likely N-dealkylation sites (tertiary alicyclic amines) is 1. The first kappa shape index (κ1) is 18.4. The van der Waals surface area contributed by atoms with Crippen LogP contribution in [-0.2, 0) is 17.8 Å². The topological polar surface area (TPSA) is 55.2 Å². The van der Waals surface area contributed by atoms with E-state index < -0.39 is 0 Å². The molecule has 1 amide bonds. The smallest absolute Gasteiger partial charge is 0.267 e. The third-order valence-electron chi connectivity index (χ3n) is 5.28. The predicted molar refractivity (Wildman–Crippen MR) is 102 cm³/mol. The highest BCUT2D eigenvalue weighted by molar-refractivity contribution is 5.76. The van der Waals surface area contributed by atoms with E-state index in [0.717, 1.165) is 49.9 Å². The molecule has 0 unspecified atom stereocenters. The van der Waals surface area contributed by atoms with Gasteiger partial charge in [-0.15, -0.1) is 0 Å². The highest BCUT2D eigenvalue weighted by atomic mass is 16.2. The van der Waals surface area contributed by atoms with Gasteiger partial charge in [-0.3, -0.25) is 9.59 Å². The quantitative estimate of drug-likeness (QED) is 0.830. The summed E-state index contributed by atoms with van der Waals surface area (Å²) in [7, 11) is 0. The van der Waals surface area contributed by atoms with E-state index in [9.17, 15) is 9.59 Å². The Kier molecular flexibility index (Phi) is 5.86. The minimum atomic E-state index is -0.209. The maximum atomic E-state index is 12.9. The van der Waals surface area contributed by atoms with Crippen molar-refractivity contribution in [3.63, 3.8) is 0 Å². The molecule has 0 aliphatic carbocycles. The van der Waals surface area contributed by atoms with Gasteiger partial charge in [0.2, 0.25) is 5.91 Å². The van der Waals surface area contributed by atoms with Crippen molar-refractivity contribution < 1.29 is 4.79 Å². The first-order valence-electron chi connectivity index (χ1n) is 9.43. The molecule has 26 heavy (non-hydrogen) atoms. The second-order valence-corrected chi connectivity index (χ2v) is 7.17. The van der Waals surface area contributed by atoms with Gasteiger partial charge in [0.25, 0.3) is 5.56 Å². The van der Waals surface area contributed by atoms with E-state index in [2.05, 4.69) is 29.4 Å². The van der Waals surface area contributed by atoms with Crippen molar-refractivity contribution in [3.05, 3.63) is 63.6 Å². The Balaban J connectivity index is 1.68. The van der Waals surface area contributed by atoms with Crippen LogP contribution in [0.1, 0.15) is 42.5 Å². The van der Waals surface area contributed by atoms with E-state index in [1.165, 1.54) is 10.2 Å². The molecule has 138 valence electrons. The van der Waals surface area contributed by atoms with Crippen LogP contribution in [0.3, 0.4) is 0 Å². The molecule has 1 fully saturated rings. The van der Waals surface area contributed by atoms with Crippen molar-refractivity contribution in [1.29, 1.82) is 0 Å². The Hall–Kier alpha value is -2.43. The van der Waals surface area contributed by atoms with Crippen LogP contribution in [0.4, 0.5) is 0 Å². The third kappa shape index (κ3) is 4.40. The fraction of sp³-hybridized carbons (Fsp3) is 0.476. The molecule has 1 atom stereocenters. The Morgan fingerprint density at radius 1 is 1.19 bits per heavy atom. The number of aryl methyl sites for hydroxylation is 3. The standard InChI is InChI=1S/C21H27N3O2/c1-16-14-20(25)24(22-17(16)2)15-21(26)23-13-7-6-10-19(23)12-11-18-8-4-3-5-9-18/h3-5,8-9,14,19H,6-7,10-13,15H2,1-2H3/t19-/m1/s1. The fourth-order valence-corrected chi connectivity index (χ4v) is 3.61. The average Bonchev–Trinajstić information content (AvgIpc) is 2.65. The van der Waals surface area contributed by atoms with Crippen LogP contribution in [0.15, 0.2) is 41.2 Å². The maximum Gasteiger partial charge on any atom is 0.267 e. The molecule has 1 aliphatic rings. The molecule has 0 spiro atoms. The molecule has 0 N–H and O–H groups in total. The second kappa shape index (κ2) is 8.30. The summed E-state index contributed by atoms with van der Waals surface area (Å²) in [6, 6.07) is 12.2. The molecule has 1 aliphatic heterocycles. The molecule has 5 heteroatoms. The van der Waals surface area contributed by atoms with E-state index in [-0.39, 0.29) is 24.1 Å². The van der Waals surface area contributed by atoms with E-state index in [4.69, 9.17) is 0 Å². The number of benzene rings is 1. The summed E-state index contributed by atoms with van der Waals surface area (Å²) in [5.41, 5.74) is 2.74. The first-order chi connectivity index (χ1) is 12.5. The van der Waals surface area contributed by atoms with Crippen molar-refractivity contribution >= 4 is 5.91 Å². The largest absolute Gasteiger partial charge is 0.338 e. The molecule has 0 bridgehead atoms. The number of hydrogen-bond donors (Lipinski definition) is 0. The van der Waals surface area contributed by atoms with Gasteiger partial charge < -0.3 is 4.90 Å². The van der Waals surface area contributed by atoms with Gasteiger partial charge in [-0.05, 0) is 57.1 Å². The Morgan fingerprint density at radius 2 is 1.96 bits per heavy atom. The second-order valence-electron chi connectivity index (χ2n) is 7.17. The van der Waals surface area contributed by atoms with Gasteiger partial charge in [-0.25, -0.2) is 4.68 Å². The summed E-state index contributed by atoms with van der Waals surface area (Å²) < 4.78 is 1.30. The van der Waals surface area contributed by atoms with Gasteiger partial charge in [0.15, 0.2) is 0 Å². The number of piperidine rings is 1. The minimum absolute atomic E-state index is 0.000569. The van der Waals surface area contributed by atoms with E-state index in [1.807, 2.05) is 24.8 Å². The number of carbonyl (C=O) groups is 1. The molecule has 2 heterocycles. The first-order valence-corrected chi connectivity index (χ1v) is 9.43. The van der Waals surface area contributed by atoms with Gasteiger partial charge in [-0.2, -0.15) is 5.10 Å². The van der Waals surface area contributed by atoms with Gasteiger partial charge in [-0.1, -0.05) is 30.3 Å². The highest BCUT2D eigenvalue weighted by Crippen LogP contribution is 2.22. The lowest BCUT2D eigenvalue weighted by Crippen LogP contribution is -2.46. The van der Waals surface area contributed by atoms with E-state index >= 15 is 0 Å². The van der Waals surface area contributed by atoms with E-state index in [1.54, 1.807) is 6.07 Å². The van der Waals surface area contributed by atoms with Crippen LogP contribution in [-0.4, -0.2) is 33.2 Å². The lowest BCUT2D eigenvalue weighted by molar-refractivity contribution is -0.136. The minimum Gasteiger partial charge on any atom is -0.338 e. The van der Waals surface area contributed by atoms with Gasteiger partial charge in [0.05, 0.1) is 5.69 Å². The van der Waals surface area contributed by atoms with E-state index in [0.29, 0.717) is 0 Å². The summed E-state index contributed by atoms with van der Waals surface area (Å²) in [5, 5.41) is 4.28. The Bertz CT molecular complexity index is 814. The molecular formula is C21H27N3O2. The van der Waals surface area contributed by atoms with Crippen molar-refractivity contribution in [1.82, 2.24) is 14.7 Å². The van der Waals surface area contributed by atoms with Crippen molar-refractivity contribution in [3.8, 4) is 0 Å². The molecule has 0 radical (unpaired) electrons. The number of rotatable bonds is 5. The van der Waals surface area contributed by atoms with Crippen LogP contribution >= 0.6 is 0 Å². The molecular weight excluding hydrogens is 326 g/mol. The zero-order valence-corrected chi connectivity index (χ0v) is 15.6. The molecule has 1 aromatic carbocycles. The molecule has 1 saturated heterocycles. The lowest BCUT2D eigenvalue weighted by atomic mass is 9.95. The molecule has 3 rings (SSSR count). The summed E-state index contributed by atoms with van der Waals surface area (Å²) in [5.74, 6) is 0.000569. The van der Waals surface area contributed by atoms with Crippen molar-refractivity contribution in [2.45, 2.75) is 58.5 Å². The third-order valence-corrected chi connectivity index (χ3v) is 5.28. The van der Waals surface area contributed by atoms with Crippen molar-refractivity contribution in [2.75, 3.05) is 6.54 Å². The molecule has 5 nitrogen and oxygen atoms in total. The SMILES string of the molecule is Cc1cc(=O)n(CC(=O)N2CCCC[C@@H]2CCc2ccccc2)nc1C. The number of aromatic nitrogens is 2. The number of carbonyl (C=O) groups excluding carboxylic acids is 1. The zero-order chi connectivity index (χ0) is 18.5. The summed E-state index contributed by atoms with van der Waals surface area (Å²) in [6.07, 6.45) is 5.16. The molecule has 1 aromatic heterocycles. The van der Waals surface area contributed by atoms with Gasteiger partial charge in [0.1, 0.15) is 6.54 Å². The number of amides is 1.